The predicted molar refractivity (Wildman–Crippen MR) is 73.4 cm³/mol. The number of hydrogen-bond donors (Lipinski definition) is 1. The van der Waals surface area contributed by atoms with E-state index in [0.29, 0.717) is 0 Å². The molecule has 6 nitrogen and oxygen atoms in total. The molecule has 3 rings (SSSR count). The third kappa shape index (κ3) is 1.60. The number of aryl methyl sites for hydroxylation is 2. The van der Waals surface area contributed by atoms with E-state index in [2.05, 4.69) is 25.0 Å². The van der Waals surface area contributed by atoms with Crippen molar-refractivity contribution in [2.45, 2.75) is 20.3 Å². The molecule has 0 aliphatic carbocycles. The first kappa shape index (κ1) is 11.5. The van der Waals surface area contributed by atoms with E-state index in [0.717, 1.165) is 38.5 Å². The highest BCUT2D eigenvalue weighted by Gasteiger charge is 2.18. The number of nitrogens with zero attached hydrogens (tertiary/aromatic N) is 5. The van der Waals surface area contributed by atoms with E-state index >= 15 is 0 Å². The summed E-state index contributed by atoms with van der Waals surface area (Å²) < 4.78 is 6.18. The van der Waals surface area contributed by atoms with Gasteiger partial charge >= 0.3 is 0 Å². The lowest BCUT2D eigenvalue weighted by Crippen LogP contribution is -1.94. The molecule has 0 aromatic carbocycles. The van der Waals surface area contributed by atoms with E-state index in [1.54, 1.807) is 0 Å². The fourth-order valence-corrected chi connectivity index (χ4v) is 3.54. The van der Waals surface area contributed by atoms with Gasteiger partial charge in [0.2, 0.25) is 4.96 Å². The molecule has 94 valence electrons. The van der Waals surface area contributed by atoms with E-state index in [1.807, 2.05) is 25.4 Å². The molecule has 0 saturated heterocycles. The quantitative estimate of drug-likeness (QED) is 0.796. The van der Waals surface area contributed by atoms with Gasteiger partial charge < -0.3 is 5.32 Å². The van der Waals surface area contributed by atoms with Crippen molar-refractivity contribution < 1.29 is 0 Å². The van der Waals surface area contributed by atoms with E-state index < -0.39 is 0 Å². The molecule has 0 amide bonds. The van der Waals surface area contributed by atoms with Gasteiger partial charge in [0, 0.05) is 13.5 Å². The van der Waals surface area contributed by atoms with Gasteiger partial charge in [-0.15, -0.1) is 10.2 Å². The average Bonchev–Trinajstić information content (AvgIpc) is 3.01. The van der Waals surface area contributed by atoms with Crippen molar-refractivity contribution in [1.82, 2.24) is 24.2 Å². The first-order valence-electron chi connectivity index (χ1n) is 5.60. The van der Waals surface area contributed by atoms with Gasteiger partial charge in [0.05, 0.1) is 11.3 Å². The van der Waals surface area contributed by atoms with Gasteiger partial charge in [-0.05, 0) is 18.5 Å². The Morgan fingerprint density at radius 3 is 2.89 bits per heavy atom. The summed E-state index contributed by atoms with van der Waals surface area (Å²) in [5.41, 5.74) is 2.06. The Labute approximate surface area is 112 Å². The smallest absolute Gasteiger partial charge is 0.234 e. The number of hydrogen-bond acceptors (Lipinski definition) is 7. The van der Waals surface area contributed by atoms with Crippen LogP contribution in [0.25, 0.3) is 15.5 Å². The van der Waals surface area contributed by atoms with Crippen molar-refractivity contribution in [3.8, 4) is 10.6 Å². The second-order valence-electron chi connectivity index (χ2n) is 3.79. The fourth-order valence-electron chi connectivity index (χ4n) is 1.77. The van der Waals surface area contributed by atoms with Crippen LogP contribution in [0.5, 0.6) is 0 Å². The summed E-state index contributed by atoms with van der Waals surface area (Å²) in [5, 5.41) is 18.0. The van der Waals surface area contributed by atoms with E-state index in [1.165, 1.54) is 22.9 Å². The normalized spacial score (nSPS) is 11.3. The number of aromatic nitrogens is 5. The molecular weight excluding hydrogens is 268 g/mol. The maximum Gasteiger partial charge on any atom is 0.234 e. The van der Waals surface area contributed by atoms with E-state index in [9.17, 15) is 0 Å². The Hall–Kier alpha value is -1.54. The molecule has 18 heavy (non-hydrogen) atoms. The molecule has 0 radical (unpaired) electrons. The molecule has 8 heteroatoms. The van der Waals surface area contributed by atoms with Crippen LogP contribution in [0.4, 0.5) is 5.00 Å². The Morgan fingerprint density at radius 2 is 2.17 bits per heavy atom. The van der Waals surface area contributed by atoms with Crippen molar-refractivity contribution in [1.29, 1.82) is 0 Å². The summed E-state index contributed by atoms with van der Waals surface area (Å²) in [7, 11) is 1.90. The number of fused-ring (bicyclic) bond motifs is 1. The minimum Gasteiger partial charge on any atom is -0.378 e. The van der Waals surface area contributed by atoms with Gasteiger partial charge in [0.1, 0.15) is 5.00 Å². The SMILES string of the molecule is CCc1nnc2sc(-c3c(C)nsc3NC)nn12. The molecule has 3 aromatic heterocycles. The lowest BCUT2D eigenvalue weighted by Gasteiger charge is -1.98. The van der Waals surface area contributed by atoms with Gasteiger partial charge in [-0.1, -0.05) is 18.3 Å². The maximum absolute atomic E-state index is 4.59. The van der Waals surface area contributed by atoms with Crippen LogP contribution in [-0.4, -0.2) is 31.2 Å². The van der Waals surface area contributed by atoms with Crippen molar-refractivity contribution in [2.24, 2.45) is 0 Å². The van der Waals surface area contributed by atoms with E-state index in [-0.39, 0.29) is 0 Å². The average molecular weight is 280 g/mol. The van der Waals surface area contributed by atoms with Crippen LogP contribution in [0.15, 0.2) is 0 Å². The van der Waals surface area contributed by atoms with Gasteiger partial charge in [-0.3, -0.25) is 0 Å². The van der Waals surface area contributed by atoms with Gasteiger partial charge in [0.25, 0.3) is 0 Å². The lowest BCUT2D eigenvalue weighted by molar-refractivity contribution is 0.837. The topological polar surface area (TPSA) is 68.0 Å². The summed E-state index contributed by atoms with van der Waals surface area (Å²) in [6, 6.07) is 0. The van der Waals surface area contributed by atoms with Gasteiger partial charge in [-0.2, -0.15) is 14.0 Å². The highest BCUT2D eigenvalue weighted by atomic mass is 32.1. The molecule has 0 fully saturated rings. The van der Waals surface area contributed by atoms with Crippen LogP contribution in [-0.2, 0) is 6.42 Å². The number of anilines is 1. The Bertz CT molecular complexity index is 694. The largest absolute Gasteiger partial charge is 0.378 e. The van der Waals surface area contributed by atoms with Crippen molar-refractivity contribution in [2.75, 3.05) is 12.4 Å². The summed E-state index contributed by atoms with van der Waals surface area (Å²) in [4.78, 5) is 0.828. The van der Waals surface area contributed by atoms with Crippen molar-refractivity contribution in [3.05, 3.63) is 11.5 Å². The first-order valence-corrected chi connectivity index (χ1v) is 7.19. The maximum atomic E-state index is 4.59. The Kier molecular flexibility index (Phi) is 2.75. The molecule has 0 bridgehead atoms. The summed E-state index contributed by atoms with van der Waals surface area (Å²) in [5.74, 6) is 0.888. The zero-order valence-electron chi connectivity index (χ0n) is 10.3. The molecule has 3 heterocycles. The summed E-state index contributed by atoms with van der Waals surface area (Å²) in [6.07, 6.45) is 0.824. The van der Waals surface area contributed by atoms with Gasteiger partial charge in [-0.25, -0.2) is 0 Å². The van der Waals surface area contributed by atoms with Crippen LogP contribution in [0.2, 0.25) is 0 Å². The number of nitrogens with one attached hydrogen (secondary N) is 1. The monoisotopic (exact) mass is 280 g/mol. The lowest BCUT2D eigenvalue weighted by atomic mass is 10.2. The third-order valence-electron chi connectivity index (χ3n) is 2.68. The standard InChI is InChI=1S/C10H12N6S2/c1-4-6-12-13-10-16(6)14-9(17-10)7-5(2)15-18-8(7)11-3/h11H,4H2,1-3H3. The molecule has 0 atom stereocenters. The van der Waals surface area contributed by atoms with Crippen LogP contribution in [0.3, 0.4) is 0 Å². The second kappa shape index (κ2) is 4.29. The molecule has 0 unspecified atom stereocenters. The third-order valence-corrected chi connectivity index (χ3v) is 4.55. The van der Waals surface area contributed by atoms with Crippen LogP contribution >= 0.6 is 22.9 Å². The van der Waals surface area contributed by atoms with Crippen LogP contribution in [0.1, 0.15) is 18.4 Å². The minimum absolute atomic E-state index is 0.824. The van der Waals surface area contributed by atoms with Gasteiger partial charge in [0.15, 0.2) is 10.8 Å². The van der Waals surface area contributed by atoms with Crippen molar-refractivity contribution >= 4 is 32.8 Å². The van der Waals surface area contributed by atoms with E-state index in [4.69, 9.17) is 0 Å². The molecular formula is C10H12N6S2. The summed E-state index contributed by atoms with van der Waals surface area (Å²) >= 11 is 2.99. The molecule has 3 aromatic rings. The molecule has 0 spiro atoms. The Morgan fingerprint density at radius 1 is 1.33 bits per heavy atom. The van der Waals surface area contributed by atoms with Crippen LogP contribution < -0.4 is 5.32 Å². The zero-order chi connectivity index (χ0) is 12.7. The zero-order valence-corrected chi connectivity index (χ0v) is 11.9. The Balaban J connectivity index is 2.19. The van der Waals surface area contributed by atoms with Crippen molar-refractivity contribution in [3.63, 3.8) is 0 Å². The molecule has 1 N–H and O–H groups in total. The highest BCUT2D eigenvalue weighted by Crippen LogP contribution is 2.36. The number of rotatable bonds is 3. The minimum atomic E-state index is 0.824. The highest BCUT2D eigenvalue weighted by molar-refractivity contribution is 7.20. The molecule has 0 aliphatic heterocycles. The van der Waals surface area contributed by atoms with Crippen LogP contribution in [0, 0.1) is 6.92 Å². The molecule has 0 saturated carbocycles. The predicted octanol–water partition coefficient (Wildman–Crippen LogP) is 2.22. The first-order chi connectivity index (χ1) is 8.74. The molecule has 0 aliphatic rings. The second-order valence-corrected chi connectivity index (χ2v) is 5.52. The fraction of sp³-hybridized carbons (Fsp3) is 0.400. The summed E-state index contributed by atoms with van der Waals surface area (Å²) in [6.45, 7) is 4.04.